The molecule has 0 aliphatic heterocycles. The standard InChI is InChI=1S/C21H19N5O/c1-14-5-7-17-18(11-14)26-20(25-17)8-6-15-3-2-4-16(12-15)24-21(27)19-13-22-9-10-23-19/h2-5,7,9-13H,6,8H2,1H3,(H,24,27)(H,25,26). The number of carbonyl (C=O) groups is 1. The van der Waals surface area contributed by atoms with Gasteiger partial charge in [-0.05, 0) is 48.7 Å². The van der Waals surface area contributed by atoms with E-state index in [4.69, 9.17) is 0 Å². The number of benzene rings is 2. The Hall–Kier alpha value is -3.54. The van der Waals surface area contributed by atoms with Crippen LogP contribution in [-0.4, -0.2) is 25.8 Å². The zero-order chi connectivity index (χ0) is 18.6. The van der Waals surface area contributed by atoms with Gasteiger partial charge in [0.2, 0.25) is 0 Å². The monoisotopic (exact) mass is 357 g/mol. The molecule has 134 valence electrons. The first kappa shape index (κ1) is 16.9. The van der Waals surface area contributed by atoms with E-state index >= 15 is 0 Å². The summed E-state index contributed by atoms with van der Waals surface area (Å²) in [5, 5.41) is 2.86. The molecular formula is C21H19N5O. The molecule has 0 spiro atoms. The summed E-state index contributed by atoms with van der Waals surface area (Å²) in [4.78, 5) is 28.2. The molecule has 4 rings (SSSR count). The molecule has 2 aromatic carbocycles. The van der Waals surface area contributed by atoms with Crippen molar-refractivity contribution in [3.05, 3.63) is 83.7 Å². The largest absolute Gasteiger partial charge is 0.342 e. The van der Waals surface area contributed by atoms with Gasteiger partial charge in [0.25, 0.3) is 5.91 Å². The van der Waals surface area contributed by atoms with Crippen LogP contribution in [0, 0.1) is 6.92 Å². The molecule has 0 fully saturated rings. The van der Waals surface area contributed by atoms with Gasteiger partial charge in [0.15, 0.2) is 0 Å². The fourth-order valence-corrected chi connectivity index (χ4v) is 2.97. The predicted molar refractivity (Wildman–Crippen MR) is 105 cm³/mol. The molecule has 0 saturated heterocycles. The van der Waals surface area contributed by atoms with Crippen LogP contribution in [0.5, 0.6) is 0 Å². The Morgan fingerprint density at radius 3 is 2.89 bits per heavy atom. The van der Waals surface area contributed by atoms with E-state index in [9.17, 15) is 4.79 Å². The molecule has 27 heavy (non-hydrogen) atoms. The van der Waals surface area contributed by atoms with Gasteiger partial charge < -0.3 is 10.3 Å². The lowest BCUT2D eigenvalue weighted by Crippen LogP contribution is -2.13. The molecule has 0 aliphatic rings. The van der Waals surface area contributed by atoms with E-state index in [0.717, 1.165) is 41.0 Å². The number of rotatable bonds is 5. The molecule has 2 aromatic heterocycles. The fourth-order valence-electron chi connectivity index (χ4n) is 2.97. The van der Waals surface area contributed by atoms with Crippen molar-refractivity contribution in [2.24, 2.45) is 0 Å². The molecular weight excluding hydrogens is 338 g/mol. The van der Waals surface area contributed by atoms with Crippen LogP contribution in [0.25, 0.3) is 11.0 Å². The molecule has 0 bridgehead atoms. The lowest BCUT2D eigenvalue weighted by molar-refractivity contribution is 0.102. The second-order valence-corrected chi connectivity index (χ2v) is 6.45. The minimum absolute atomic E-state index is 0.270. The number of aromatic nitrogens is 4. The van der Waals surface area contributed by atoms with Crippen molar-refractivity contribution in [3.8, 4) is 0 Å². The number of hydrogen-bond acceptors (Lipinski definition) is 4. The Kier molecular flexibility index (Phi) is 4.61. The highest BCUT2D eigenvalue weighted by Gasteiger charge is 2.08. The Balaban J connectivity index is 1.43. The van der Waals surface area contributed by atoms with Gasteiger partial charge in [-0.15, -0.1) is 0 Å². The Labute approximate surface area is 156 Å². The predicted octanol–water partition coefficient (Wildman–Crippen LogP) is 3.70. The maximum atomic E-state index is 12.2. The summed E-state index contributed by atoms with van der Waals surface area (Å²) in [5.74, 6) is 0.692. The Morgan fingerprint density at radius 2 is 2.04 bits per heavy atom. The molecule has 2 N–H and O–H groups in total. The first-order valence-electron chi connectivity index (χ1n) is 8.79. The summed E-state index contributed by atoms with van der Waals surface area (Å²) in [5.41, 5.74) is 5.42. The van der Waals surface area contributed by atoms with Crippen molar-refractivity contribution in [3.63, 3.8) is 0 Å². The maximum Gasteiger partial charge on any atom is 0.275 e. The van der Waals surface area contributed by atoms with E-state index in [-0.39, 0.29) is 5.91 Å². The van der Waals surface area contributed by atoms with Gasteiger partial charge in [-0.3, -0.25) is 9.78 Å². The van der Waals surface area contributed by atoms with Gasteiger partial charge in [0.05, 0.1) is 17.2 Å². The molecule has 0 saturated carbocycles. The number of H-pyrrole nitrogens is 1. The van der Waals surface area contributed by atoms with Gasteiger partial charge in [-0.2, -0.15) is 0 Å². The first-order chi connectivity index (χ1) is 13.2. The van der Waals surface area contributed by atoms with Crippen molar-refractivity contribution in [1.82, 2.24) is 19.9 Å². The number of nitrogens with one attached hydrogen (secondary N) is 2. The molecule has 0 unspecified atom stereocenters. The van der Waals surface area contributed by atoms with Crippen molar-refractivity contribution in [1.29, 1.82) is 0 Å². The molecule has 6 nitrogen and oxygen atoms in total. The summed E-state index contributed by atoms with van der Waals surface area (Å²) in [6.07, 6.45) is 6.11. The van der Waals surface area contributed by atoms with Crippen LogP contribution in [-0.2, 0) is 12.8 Å². The van der Waals surface area contributed by atoms with Crippen molar-refractivity contribution < 1.29 is 4.79 Å². The summed E-state index contributed by atoms with van der Waals surface area (Å²) >= 11 is 0. The van der Waals surface area contributed by atoms with Gasteiger partial charge in [-0.25, -0.2) is 9.97 Å². The summed E-state index contributed by atoms with van der Waals surface area (Å²) in [6, 6.07) is 14.0. The molecule has 6 heteroatoms. The Morgan fingerprint density at radius 1 is 1.11 bits per heavy atom. The van der Waals surface area contributed by atoms with Crippen LogP contribution in [0.1, 0.15) is 27.4 Å². The number of aromatic amines is 1. The molecule has 0 aliphatic carbocycles. The number of nitrogens with zero attached hydrogens (tertiary/aromatic N) is 3. The van der Waals surface area contributed by atoms with Crippen LogP contribution in [0.3, 0.4) is 0 Å². The van der Waals surface area contributed by atoms with E-state index in [2.05, 4.69) is 44.3 Å². The fraction of sp³-hybridized carbons (Fsp3) is 0.143. The normalized spacial score (nSPS) is 10.9. The lowest BCUT2D eigenvalue weighted by Gasteiger charge is -2.06. The van der Waals surface area contributed by atoms with Crippen LogP contribution in [0.2, 0.25) is 0 Å². The third-order valence-corrected chi connectivity index (χ3v) is 4.32. The molecule has 0 atom stereocenters. The zero-order valence-electron chi connectivity index (χ0n) is 14.9. The number of carbonyl (C=O) groups excluding carboxylic acids is 1. The number of fused-ring (bicyclic) bond motifs is 1. The van der Waals surface area contributed by atoms with E-state index in [1.165, 1.54) is 24.2 Å². The SMILES string of the molecule is Cc1ccc2nc(CCc3cccc(NC(=O)c4cnccn4)c3)[nH]c2c1. The van der Waals surface area contributed by atoms with Gasteiger partial charge >= 0.3 is 0 Å². The van der Waals surface area contributed by atoms with E-state index in [1.807, 2.05) is 30.3 Å². The van der Waals surface area contributed by atoms with Gasteiger partial charge in [0.1, 0.15) is 11.5 Å². The second-order valence-electron chi connectivity index (χ2n) is 6.45. The van der Waals surface area contributed by atoms with E-state index in [0.29, 0.717) is 5.69 Å². The second kappa shape index (κ2) is 7.37. The number of imidazole rings is 1. The quantitative estimate of drug-likeness (QED) is 0.570. The minimum Gasteiger partial charge on any atom is -0.342 e. The molecule has 0 radical (unpaired) electrons. The van der Waals surface area contributed by atoms with Crippen LogP contribution < -0.4 is 5.32 Å². The highest BCUT2D eigenvalue weighted by Crippen LogP contribution is 2.16. The molecule has 4 aromatic rings. The Bertz CT molecular complexity index is 1090. The minimum atomic E-state index is -0.270. The van der Waals surface area contributed by atoms with Gasteiger partial charge in [-0.1, -0.05) is 18.2 Å². The third kappa shape index (κ3) is 4.00. The van der Waals surface area contributed by atoms with E-state index in [1.54, 1.807) is 0 Å². The third-order valence-electron chi connectivity index (χ3n) is 4.32. The first-order valence-corrected chi connectivity index (χ1v) is 8.79. The summed E-state index contributed by atoms with van der Waals surface area (Å²) in [6.45, 7) is 2.07. The highest BCUT2D eigenvalue weighted by molar-refractivity contribution is 6.02. The van der Waals surface area contributed by atoms with E-state index < -0.39 is 0 Å². The van der Waals surface area contributed by atoms with Crippen molar-refractivity contribution in [2.45, 2.75) is 19.8 Å². The van der Waals surface area contributed by atoms with Crippen LogP contribution >= 0.6 is 0 Å². The number of aryl methyl sites for hydroxylation is 3. The number of anilines is 1. The smallest absolute Gasteiger partial charge is 0.275 e. The topological polar surface area (TPSA) is 83.6 Å². The van der Waals surface area contributed by atoms with Crippen LogP contribution in [0.15, 0.2) is 61.1 Å². The van der Waals surface area contributed by atoms with Crippen LogP contribution in [0.4, 0.5) is 5.69 Å². The van der Waals surface area contributed by atoms with Crippen molar-refractivity contribution in [2.75, 3.05) is 5.32 Å². The molecule has 1 amide bonds. The van der Waals surface area contributed by atoms with Gasteiger partial charge in [0, 0.05) is 24.5 Å². The maximum absolute atomic E-state index is 12.2. The molecule has 2 heterocycles. The van der Waals surface area contributed by atoms with Crippen molar-refractivity contribution >= 4 is 22.6 Å². The summed E-state index contributed by atoms with van der Waals surface area (Å²) < 4.78 is 0. The highest BCUT2D eigenvalue weighted by atomic mass is 16.1. The lowest BCUT2D eigenvalue weighted by atomic mass is 10.1. The average molecular weight is 357 g/mol. The zero-order valence-corrected chi connectivity index (χ0v) is 14.9. The number of amides is 1. The average Bonchev–Trinajstić information content (AvgIpc) is 3.09. The number of hydrogen-bond donors (Lipinski definition) is 2. The summed E-state index contributed by atoms with van der Waals surface area (Å²) in [7, 11) is 0.